The Morgan fingerprint density at radius 2 is 1.69 bits per heavy atom. The van der Waals surface area contributed by atoms with E-state index >= 15 is 4.39 Å². The van der Waals surface area contributed by atoms with E-state index in [-0.39, 0.29) is 22.4 Å². The minimum absolute atomic E-state index is 0.00271. The molecular formula is C30H23F3N4O4S. The first-order valence-electron chi connectivity index (χ1n) is 12.7. The third-order valence-corrected chi connectivity index (χ3v) is 8.38. The number of hydrogen-bond acceptors (Lipinski definition) is 5. The topological polar surface area (TPSA) is 105 Å². The standard InChI is InChI=1S/C30H23F3N4O4S/c1-2-36-18-24(19-12-14-34-15-13-19)29(35-36)23-8-5-9-26(28(23)33)37(17-20-6-3-4-7-22(20)30(38)39)42(40,41)27-16-21(31)10-11-25(27)32/h3-16,18H,2,17H2,1H3,(H,38,39). The molecule has 0 bridgehead atoms. The molecule has 2 aromatic heterocycles. The van der Waals surface area contributed by atoms with Gasteiger partial charge in [0, 0.05) is 36.3 Å². The van der Waals surface area contributed by atoms with E-state index < -0.39 is 50.6 Å². The highest BCUT2D eigenvalue weighted by molar-refractivity contribution is 7.92. The van der Waals surface area contributed by atoms with Gasteiger partial charge in [-0.25, -0.2) is 26.4 Å². The van der Waals surface area contributed by atoms with E-state index in [2.05, 4.69) is 10.1 Å². The molecule has 214 valence electrons. The van der Waals surface area contributed by atoms with Gasteiger partial charge in [0.1, 0.15) is 22.2 Å². The van der Waals surface area contributed by atoms with Crippen molar-refractivity contribution < 1.29 is 31.5 Å². The molecule has 0 amide bonds. The Kier molecular flexibility index (Phi) is 7.81. The van der Waals surface area contributed by atoms with Crippen LogP contribution >= 0.6 is 0 Å². The predicted molar refractivity (Wildman–Crippen MR) is 150 cm³/mol. The van der Waals surface area contributed by atoms with Crippen molar-refractivity contribution in [1.29, 1.82) is 0 Å². The summed E-state index contributed by atoms with van der Waals surface area (Å²) < 4.78 is 75.5. The van der Waals surface area contributed by atoms with Crippen LogP contribution in [0.15, 0.2) is 96.3 Å². The zero-order chi connectivity index (χ0) is 30.0. The van der Waals surface area contributed by atoms with Gasteiger partial charge < -0.3 is 5.11 Å². The number of aromatic nitrogens is 3. The lowest BCUT2D eigenvalue weighted by Gasteiger charge is -2.26. The van der Waals surface area contributed by atoms with Gasteiger partial charge in [0.15, 0.2) is 5.82 Å². The van der Waals surface area contributed by atoms with Crippen molar-refractivity contribution in [2.45, 2.75) is 24.9 Å². The molecule has 8 nitrogen and oxygen atoms in total. The lowest BCUT2D eigenvalue weighted by Crippen LogP contribution is -2.33. The van der Waals surface area contributed by atoms with Crippen LogP contribution in [0, 0.1) is 17.5 Å². The first-order valence-corrected chi connectivity index (χ1v) is 14.1. The van der Waals surface area contributed by atoms with Crippen LogP contribution in [0.25, 0.3) is 22.4 Å². The van der Waals surface area contributed by atoms with Crippen molar-refractivity contribution in [3.63, 3.8) is 0 Å². The molecular weight excluding hydrogens is 569 g/mol. The second kappa shape index (κ2) is 11.5. The van der Waals surface area contributed by atoms with Gasteiger partial charge in [-0.15, -0.1) is 0 Å². The van der Waals surface area contributed by atoms with Crippen molar-refractivity contribution >= 4 is 21.7 Å². The number of nitrogens with zero attached hydrogens (tertiary/aromatic N) is 4. The van der Waals surface area contributed by atoms with Crippen molar-refractivity contribution in [2.24, 2.45) is 0 Å². The number of pyridine rings is 1. The van der Waals surface area contributed by atoms with Crippen LogP contribution in [-0.4, -0.2) is 34.3 Å². The minimum atomic E-state index is -4.98. The molecule has 5 aromatic rings. The maximum absolute atomic E-state index is 16.6. The molecule has 12 heteroatoms. The van der Waals surface area contributed by atoms with Gasteiger partial charge in [-0.3, -0.25) is 14.0 Å². The lowest BCUT2D eigenvalue weighted by molar-refractivity contribution is 0.0695. The van der Waals surface area contributed by atoms with E-state index in [1.807, 2.05) is 6.92 Å². The number of rotatable bonds is 9. The Morgan fingerprint density at radius 3 is 2.40 bits per heavy atom. The molecule has 42 heavy (non-hydrogen) atoms. The highest BCUT2D eigenvalue weighted by Crippen LogP contribution is 2.38. The van der Waals surface area contributed by atoms with E-state index in [0.717, 1.165) is 6.07 Å². The number of anilines is 1. The molecule has 2 heterocycles. The normalized spacial score (nSPS) is 11.4. The van der Waals surface area contributed by atoms with Crippen molar-refractivity contribution in [3.05, 3.63) is 120 Å². The fourth-order valence-electron chi connectivity index (χ4n) is 4.54. The number of aromatic carboxylic acids is 1. The quantitative estimate of drug-likeness (QED) is 0.220. The number of sulfonamides is 1. The number of carboxylic acids is 1. The number of hydrogen-bond donors (Lipinski definition) is 1. The second-order valence-electron chi connectivity index (χ2n) is 9.17. The summed E-state index contributed by atoms with van der Waals surface area (Å²) in [7, 11) is -4.98. The van der Waals surface area contributed by atoms with Gasteiger partial charge >= 0.3 is 5.97 Å². The van der Waals surface area contributed by atoms with Gasteiger partial charge in [0.25, 0.3) is 10.0 Å². The second-order valence-corrected chi connectivity index (χ2v) is 11.0. The van der Waals surface area contributed by atoms with Gasteiger partial charge in [-0.05, 0) is 66.6 Å². The summed E-state index contributed by atoms with van der Waals surface area (Å²) in [6.45, 7) is 1.62. The van der Waals surface area contributed by atoms with Gasteiger partial charge in [0.05, 0.1) is 17.8 Å². The molecule has 0 radical (unpaired) electrons. The Balaban J connectivity index is 1.74. The lowest BCUT2D eigenvalue weighted by atomic mass is 10.0. The summed E-state index contributed by atoms with van der Waals surface area (Å²) in [6.07, 6.45) is 4.85. The first-order chi connectivity index (χ1) is 20.1. The van der Waals surface area contributed by atoms with Crippen LogP contribution in [0.1, 0.15) is 22.8 Å². The summed E-state index contributed by atoms with van der Waals surface area (Å²) in [6, 6.07) is 14.9. The molecule has 1 N–H and O–H groups in total. The number of aryl methyl sites for hydroxylation is 1. The van der Waals surface area contributed by atoms with Gasteiger partial charge in [-0.1, -0.05) is 24.3 Å². The predicted octanol–water partition coefficient (Wildman–Crippen LogP) is 6.14. The zero-order valence-corrected chi connectivity index (χ0v) is 22.9. The molecule has 0 spiro atoms. The molecule has 0 aliphatic heterocycles. The number of carbonyl (C=O) groups is 1. The van der Waals surface area contributed by atoms with Gasteiger partial charge in [0.2, 0.25) is 0 Å². The summed E-state index contributed by atoms with van der Waals surface area (Å²) >= 11 is 0. The van der Waals surface area contributed by atoms with Crippen LogP contribution < -0.4 is 4.31 Å². The van der Waals surface area contributed by atoms with Crippen LogP contribution in [-0.2, 0) is 23.1 Å². The van der Waals surface area contributed by atoms with Crippen LogP contribution in [0.4, 0.5) is 18.9 Å². The summed E-state index contributed by atoms with van der Waals surface area (Å²) in [5.74, 6) is -4.64. The SMILES string of the molecule is CCn1cc(-c2ccncc2)c(-c2cccc(N(Cc3ccccc3C(=O)O)S(=O)(=O)c3cc(F)ccc3F)c2F)n1. The average molecular weight is 593 g/mol. The third kappa shape index (κ3) is 5.36. The zero-order valence-electron chi connectivity index (χ0n) is 22.1. The summed E-state index contributed by atoms with van der Waals surface area (Å²) in [5, 5.41) is 14.2. The van der Waals surface area contributed by atoms with Crippen LogP contribution in [0.5, 0.6) is 0 Å². The first kappa shape index (κ1) is 28.6. The number of benzene rings is 3. The minimum Gasteiger partial charge on any atom is -0.478 e. The van der Waals surface area contributed by atoms with Crippen molar-refractivity contribution in [2.75, 3.05) is 4.31 Å². The smallest absolute Gasteiger partial charge is 0.336 e. The monoisotopic (exact) mass is 592 g/mol. The molecule has 0 saturated carbocycles. The van der Waals surface area contributed by atoms with E-state index in [9.17, 15) is 27.1 Å². The maximum atomic E-state index is 16.6. The van der Waals surface area contributed by atoms with E-state index in [1.54, 1.807) is 35.4 Å². The Hall–Kier alpha value is -4.97. The maximum Gasteiger partial charge on any atom is 0.336 e. The number of halogens is 3. The fraction of sp³-hybridized carbons (Fsp3) is 0.100. The van der Waals surface area contributed by atoms with Crippen LogP contribution in [0.3, 0.4) is 0 Å². The van der Waals surface area contributed by atoms with Crippen molar-refractivity contribution in [1.82, 2.24) is 14.8 Å². The van der Waals surface area contributed by atoms with Gasteiger partial charge in [-0.2, -0.15) is 5.10 Å². The number of carboxylic acid groups (broad SMARTS) is 1. The Labute approximate surface area is 239 Å². The summed E-state index contributed by atoms with van der Waals surface area (Å²) in [5.41, 5.74) is 0.644. The average Bonchev–Trinajstić information content (AvgIpc) is 3.42. The van der Waals surface area contributed by atoms with Crippen LogP contribution in [0.2, 0.25) is 0 Å². The highest BCUT2D eigenvalue weighted by atomic mass is 32.2. The molecule has 0 fully saturated rings. The highest BCUT2D eigenvalue weighted by Gasteiger charge is 2.33. The molecule has 0 aliphatic carbocycles. The molecule has 3 aromatic carbocycles. The van der Waals surface area contributed by atoms with E-state index in [4.69, 9.17) is 0 Å². The fourth-order valence-corrected chi connectivity index (χ4v) is 6.06. The largest absolute Gasteiger partial charge is 0.478 e. The van der Waals surface area contributed by atoms with E-state index in [0.29, 0.717) is 34.1 Å². The molecule has 0 saturated heterocycles. The molecule has 0 unspecified atom stereocenters. The third-order valence-electron chi connectivity index (χ3n) is 6.60. The van der Waals surface area contributed by atoms with E-state index in [1.165, 1.54) is 42.5 Å². The molecule has 0 atom stereocenters. The Morgan fingerprint density at radius 1 is 0.952 bits per heavy atom. The summed E-state index contributed by atoms with van der Waals surface area (Å²) in [4.78, 5) is 14.9. The molecule has 0 aliphatic rings. The van der Waals surface area contributed by atoms with Crippen molar-refractivity contribution in [3.8, 4) is 22.4 Å². The Bertz CT molecular complexity index is 1900. The molecule has 5 rings (SSSR count).